The number of hydrogen-bond acceptors (Lipinski definition) is 3. The molecule has 1 N–H and O–H groups in total. The SMILES string of the molecule is Cc1ccc(N=C2C(=O)N(C[NH+]3CCOCC3)c3ccccc32)cc1. The Hall–Kier alpha value is -2.50. The fourth-order valence-corrected chi connectivity index (χ4v) is 3.32. The summed E-state index contributed by atoms with van der Waals surface area (Å²) in [6.07, 6.45) is 0. The van der Waals surface area contributed by atoms with Crippen LogP contribution in [0.15, 0.2) is 53.5 Å². The minimum atomic E-state index is -0.0132. The van der Waals surface area contributed by atoms with Gasteiger partial charge in [-0.1, -0.05) is 35.9 Å². The van der Waals surface area contributed by atoms with Crippen LogP contribution in [0.25, 0.3) is 0 Å². The highest BCUT2D eigenvalue weighted by Gasteiger charge is 2.36. The molecule has 5 nitrogen and oxygen atoms in total. The van der Waals surface area contributed by atoms with Crippen molar-refractivity contribution in [1.29, 1.82) is 0 Å². The number of morpholine rings is 1. The first-order valence-corrected chi connectivity index (χ1v) is 8.70. The quantitative estimate of drug-likeness (QED) is 0.919. The van der Waals surface area contributed by atoms with Crippen molar-refractivity contribution >= 4 is 23.0 Å². The van der Waals surface area contributed by atoms with E-state index >= 15 is 0 Å². The number of carbonyl (C=O) groups is 1. The first kappa shape index (κ1) is 16.0. The lowest BCUT2D eigenvalue weighted by molar-refractivity contribution is -0.906. The lowest BCUT2D eigenvalue weighted by Gasteiger charge is -2.27. The third kappa shape index (κ3) is 3.21. The second-order valence-electron chi connectivity index (χ2n) is 6.57. The average Bonchev–Trinajstić information content (AvgIpc) is 2.90. The molecule has 0 spiro atoms. The van der Waals surface area contributed by atoms with Gasteiger partial charge in [-0.2, -0.15) is 0 Å². The molecule has 2 aromatic carbocycles. The molecule has 1 fully saturated rings. The van der Waals surface area contributed by atoms with E-state index in [2.05, 4.69) is 4.99 Å². The summed E-state index contributed by atoms with van der Waals surface area (Å²) in [4.78, 5) is 20.9. The number of fused-ring (bicyclic) bond motifs is 1. The van der Waals surface area contributed by atoms with E-state index in [-0.39, 0.29) is 5.91 Å². The number of aryl methyl sites for hydroxylation is 1. The third-order valence-corrected chi connectivity index (χ3v) is 4.75. The summed E-state index contributed by atoms with van der Waals surface area (Å²) in [6.45, 7) is 6.06. The summed E-state index contributed by atoms with van der Waals surface area (Å²) >= 11 is 0. The number of aliphatic imine (C=N–C) groups is 1. The van der Waals surface area contributed by atoms with Crippen LogP contribution in [0.2, 0.25) is 0 Å². The van der Waals surface area contributed by atoms with Gasteiger partial charge in [-0.15, -0.1) is 0 Å². The number of rotatable bonds is 3. The highest BCUT2D eigenvalue weighted by atomic mass is 16.5. The summed E-state index contributed by atoms with van der Waals surface area (Å²) in [5.41, 5.74) is 4.40. The van der Waals surface area contributed by atoms with Gasteiger partial charge < -0.3 is 9.64 Å². The van der Waals surface area contributed by atoms with Crippen molar-refractivity contribution in [3.63, 3.8) is 0 Å². The van der Waals surface area contributed by atoms with Gasteiger partial charge in [0.1, 0.15) is 18.8 Å². The first-order chi connectivity index (χ1) is 12.2. The number of ether oxygens (including phenoxy) is 1. The second-order valence-corrected chi connectivity index (χ2v) is 6.57. The van der Waals surface area contributed by atoms with Crippen LogP contribution in [0, 0.1) is 6.92 Å². The van der Waals surface area contributed by atoms with Crippen LogP contribution in [0.4, 0.5) is 11.4 Å². The molecular formula is C20H22N3O2+. The van der Waals surface area contributed by atoms with Crippen LogP contribution in [0.3, 0.4) is 0 Å². The Morgan fingerprint density at radius 3 is 2.56 bits per heavy atom. The normalized spacial score (nSPS) is 19.5. The van der Waals surface area contributed by atoms with E-state index in [1.165, 1.54) is 10.5 Å². The molecule has 128 valence electrons. The predicted molar refractivity (Wildman–Crippen MR) is 97.7 cm³/mol. The van der Waals surface area contributed by atoms with Gasteiger partial charge in [0, 0.05) is 5.56 Å². The molecule has 0 aliphatic carbocycles. The number of quaternary nitrogens is 1. The van der Waals surface area contributed by atoms with Crippen molar-refractivity contribution in [2.24, 2.45) is 4.99 Å². The fraction of sp³-hybridized carbons (Fsp3) is 0.300. The molecule has 2 aliphatic rings. The van der Waals surface area contributed by atoms with E-state index in [0.717, 1.165) is 43.2 Å². The summed E-state index contributed by atoms with van der Waals surface area (Å²) < 4.78 is 5.42. The largest absolute Gasteiger partial charge is 0.370 e. The summed E-state index contributed by atoms with van der Waals surface area (Å²) in [7, 11) is 0. The molecule has 5 heteroatoms. The third-order valence-electron chi connectivity index (χ3n) is 4.75. The average molecular weight is 336 g/mol. The number of nitrogens with one attached hydrogen (secondary N) is 1. The standard InChI is InChI=1S/C20H21N3O2/c1-15-6-8-16(9-7-15)21-19-17-4-2-3-5-18(17)23(20(19)24)14-22-10-12-25-13-11-22/h2-9H,10-14H2,1H3/p+1. The second kappa shape index (κ2) is 6.78. The topological polar surface area (TPSA) is 46.3 Å². The number of hydrogen-bond donors (Lipinski definition) is 1. The van der Waals surface area contributed by atoms with Gasteiger partial charge in [-0.05, 0) is 25.1 Å². The maximum Gasteiger partial charge on any atom is 0.281 e. The van der Waals surface area contributed by atoms with Crippen LogP contribution in [0.5, 0.6) is 0 Å². The molecule has 1 amide bonds. The van der Waals surface area contributed by atoms with E-state index in [9.17, 15) is 4.79 Å². The molecule has 0 unspecified atom stereocenters. The number of anilines is 1. The minimum absolute atomic E-state index is 0.0132. The molecule has 1 saturated heterocycles. The molecule has 0 bridgehead atoms. The van der Waals surface area contributed by atoms with Crippen LogP contribution in [-0.2, 0) is 9.53 Å². The van der Waals surface area contributed by atoms with Crippen molar-refractivity contribution in [3.05, 3.63) is 59.7 Å². The van der Waals surface area contributed by atoms with Gasteiger partial charge in [0.15, 0.2) is 6.67 Å². The van der Waals surface area contributed by atoms with Gasteiger partial charge in [0.25, 0.3) is 5.91 Å². The number of amides is 1. The zero-order chi connectivity index (χ0) is 17.2. The van der Waals surface area contributed by atoms with Crippen molar-refractivity contribution in [2.75, 3.05) is 37.9 Å². The van der Waals surface area contributed by atoms with Crippen molar-refractivity contribution in [3.8, 4) is 0 Å². The Kier molecular flexibility index (Phi) is 4.34. The van der Waals surface area contributed by atoms with E-state index in [4.69, 9.17) is 4.74 Å². The fourth-order valence-electron chi connectivity index (χ4n) is 3.32. The molecule has 0 radical (unpaired) electrons. The molecule has 0 saturated carbocycles. The van der Waals surface area contributed by atoms with Gasteiger partial charge in [-0.25, -0.2) is 4.99 Å². The zero-order valence-corrected chi connectivity index (χ0v) is 14.4. The Bertz CT molecular complexity index is 808. The highest BCUT2D eigenvalue weighted by molar-refractivity contribution is 6.54. The summed E-state index contributed by atoms with van der Waals surface area (Å²) in [5.74, 6) is -0.0132. The lowest BCUT2D eigenvalue weighted by atomic mass is 10.1. The van der Waals surface area contributed by atoms with Crippen LogP contribution in [0.1, 0.15) is 11.1 Å². The maximum absolute atomic E-state index is 13.1. The first-order valence-electron chi connectivity index (χ1n) is 8.70. The van der Waals surface area contributed by atoms with Crippen molar-refractivity contribution in [1.82, 2.24) is 0 Å². The number of carbonyl (C=O) groups excluding carboxylic acids is 1. The smallest absolute Gasteiger partial charge is 0.281 e. The molecule has 4 rings (SSSR count). The Labute approximate surface area is 147 Å². The van der Waals surface area contributed by atoms with E-state index in [0.29, 0.717) is 12.4 Å². The number of benzene rings is 2. The molecule has 2 aromatic rings. The van der Waals surface area contributed by atoms with Crippen LogP contribution >= 0.6 is 0 Å². The molecule has 0 aromatic heterocycles. The molecule has 25 heavy (non-hydrogen) atoms. The number of nitrogens with zero attached hydrogens (tertiary/aromatic N) is 2. The lowest BCUT2D eigenvalue weighted by Crippen LogP contribution is -3.15. The molecule has 0 atom stereocenters. The van der Waals surface area contributed by atoms with Crippen LogP contribution in [-0.4, -0.2) is 44.6 Å². The highest BCUT2D eigenvalue weighted by Crippen LogP contribution is 2.30. The Balaban J connectivity index is 1.67. The van der Waals surface area contributed by atoms with E-state index in [1.807, 2.05) is 60.4 Å². The van der Waals surface area contributed by atoms with E-state index in [1.54, 1.807) is 0 Å². The number of para-hydroxylation sites is 1. The molecule has 2 heterocycles. The predicted octanol–water partition coefficient (Wildman–Crippen LogP) is 1.34. The molecule has 2 aliphatic heterocycles. The monoisotopic (exact) mass is 336 g/mol. The van der Waals surface area contributed by atoms with E-state index < -0.39 is 0 Å². The molecular weight excluding hydrogens is 314 g/mol. The minimum Gasteiger partial charge on any atom is -0.370 e. The van der Waals surface area contributed by atoms with Gasteiger partial charge in [-0.3, -0.25) is 9.69 Å². The van der Waals surface area contributed by atoms with Crippen molar-refractivity contribution < 1.29 is 14.4 Å². The zero-order valence-electron chi connectivity index (χ0n) is 14.4. The van der Waals surface area contributed by atoms with Gasteiger partial charge in [0.05, 0.1) is 24.6 Å². The summed E-state index contributed by atoms with van der Waals surface area (Å²) in [6, 6.07) is 15.9. The van der Waals surface area contributed by atoms with Gasteiger partial charge in [0.2, 0.25) is 0 Å². The van der Waals surface area contributed by atoms with Gasteiger partial charge >= 0.3 is 0 Å². The Morgan fingerprint density at radius 1 is 1.08 bits per heavy atom. The maximum atomic E-state index is 13.1. The Morgan fingerprint density at radius 2 is 1.80 bits per heavy atom. The van der Waals surface area contributed by atoms with Crippen molar-refractivity contribution in [2.45, 2.75) is 6.92 Å². The van der Waals surface area contributed by atoms with Crippen LogP contribution < -0.4 is 9.80 Å². The summed E-state index contributed by atoms with van der Waals surface area (Å²) in [5, 5.41) is 0.